The molecule has 0 spiro atoms. The number of hydrogen-bond donors (Lipinski definition) is 0. The van der Waals surface area contributed by atoms with Crippen LogP contribution in [0.1, 0.15) is 89.8 Å². The van der Waals surface area contributed by atoms with Crippen molar-refractivity contribution in [3.05, 3.63) is 70.1 Å². The second-order valence-electron chi connectivity index (χ2n) is 13.5. The van der Waals surface area contributed by atoms with Crippen LogP contribution in [-0.4, -0.2) is 40.7 Å². The smallest absolute Gasteiger partial charge is 0.340 e. The van der Waals surface area contributed by atoms with Gasteiger partial charge in [0.2, 0.25) is 5.88 Å². The van der Waals surface area contributed by atoms with Gasteiger partial charge in [-0.1, -0.05) is 37.6 Å². The summed E-state index contributed by atoms with van der Waals surface area (Å²) in [4.78, 5) is 25.4. The Kier molecular flexibility index (Phi) is 10.1. The molecule has 3 aromatic rings. The lowest BCUT2D eigenvalue weighted by atomic mass is 9.82. The van der Waals surface area contributed by atoms with Gasteiger partial charge < -0.3 is 19.1 Å². The van der Waals surface area contributed by atoms with E-state index in [1.165, 1.54) is 0 Å². The van der Waals surface area contributed by atoms with Crippen molar-refractivity contribution in [2.45, 2.75) is 99.6 Å². The average molecular weight is 608 g/mol. The molecule has 0 N–H and O–H groups in total. The van der Waals surface area contributed by atoms with Gasteiger partial charge in [0.25, 0.3) is 0 Å². The number of hydrogen-bond acceptors (Lipinski definition) is 7. The van der Waals surface area contributed by atoms with E-state index in [0.29, 0.717) is 17.5 Å². The van der Waals surface area contributed by atoms with Gasteiger partial charge in [0.05, 0.1) is 17.4 Å². The SMILES string of the molecule is Cc1cccc(Cl)c1COc1ccc(-c2cnc(C)c([C@H](OC(C)(C)C)C(=O)OC(C)C)c2N2CCC(C)(C)CC2)cn1. The standard InChI is InChI=1S/C35H46ClN3O4/c1-22(2)42-33(40)32(43-34(5,6)7)30-24(4)37-20-26(31(30)39-17-15-35(8,9)16-18-39)25-13-14-29(38-19-25)41-21-27-23(3)11-10-12-28(27)36/h10-14,19-20,22,32H,15-18,21H2,1-9H3/t32-/m0/s1. The highest BCUT2D eigenvalue weighted by Crippen LogP contribution is 2.43. The molecule has 0 saturated carbocycles. The first-order valence-corrected chi connectivity index (χ1v) is 15.5. The molecule has 43 heavy (non-hydrogen) atoms. The predicted molar refractivity (Wildman–Crippen MR) is 173 cm³/mol. The zero-order valence-corrected chi connectivity index (χ0v) is 27.8. The molecule has 0 unspecified atom stereocenters. The van der Waals surface area contributed by atoms with Gasteiger partial charge in [0.15, 0.2) is 6.10 Å². The van der Waals surface area contributed by atoms with Gasteiger partial charge >= 0.3 is 5.97 Å². The number of carbonyl (C=O) groups is 1. The van der Waals surface area contributed by atoms with E-state index < -0.39 is 17.7 Å². The highest BCUT2D eigenvalue weighted by atomic mass is 35.5. The summed E-state index contributed by atoms with van der Waals surface area (Å²) < 4.78 is 18.2. The van der Waals surface area contributed by atoms with Crippen LogP contribution in [0.3, 0.4) is 0 Å². The molecule has 0 bridgehead atoms. The average Bonchev–Trinajstić information content (AvgIpc) is 2.91. The summed E-state index contributed by atoms with van der Waals surface area (Å²) in [6.07, 6.45) is 4.52. The summed E-state index contributed by atoms with van der Waals surface area (Å²) in [5.41, 5.74) is 5.86. The fourth-order valence-electron chi connectivity index (χ4n) is 5.30. The van der Waals surface area contributed by atoms with E-state index in [-0.39, 0.29) is 11.5 Å². The van der Waals surface area contributed by atoms with Crippen LogP contribution >= 0.6 is 11.6 Å². The van der Waals surface area contributed by atoms with Crippen molar-refractivity contribution in [2.24, 2.45) is 5.41 Å². The largest absolute Gasteiger partial charge is 0.473 e. The first kappa shape index (κ1) is 32.7. The highest BCUT2D eigenvalue weighted by molar-refractivity contribution is 6.31. The second-order valence-corrected chi connectivity index (χ2v) is 13.9. The molecule has 4 rings (SSSR count). The van der Waals surface area contributed by atoms with E-state index in [1.54, 1.807) is 6.20 Å². The molecule has 1 aliphatic rings. The number of aryl methyl sites for hydroxylation is 2. The summed E-state index contributed by atoms with van der Waals surface area (Å²) in [5, 5.41) is 0.673. The summed E-state index contributed by atoms with van der Waals surface area (Å²) in [7, 11) is 0. The number of pyridine rings is 2. The van der Waals surface area contributed by atoms with Gasteiger partial charge in [-0.25, -0.2) is 9.78 Å². The maximum absolute atomic E-state index is 13.6. The third kappa shape index (κ3) is 8.27. The monoisotopic (exact) mass is 607 g/mol. The number of piperidine rings is 1. The maximum Gasteiger partial charge on any atom is 0.340 e. The minimum atomic E-state index is -0.936. The number of aromatic nitrogens is 2. The van der Waals surface area contributed by atoms with Crippen LogP contribution in [0, 0.1) is 19.3 Å². The number of rotatable bonds is 9. The van der Waals surface area contributed by atoms with Crippen molar-refractivity contribution < 1.29 is 19.0 Å². The van der Waals surface area contributed by atoms with Crippen molar-refractivity contribution in [1.82, 2.24) is 9.97 Å². The van der Waals surface area contributed by atoms with E-state index in [1.807, 2.05) is 85.0 Å². The molecular weight excluding hydrogens is 562 g/mol. The molecule has 1 saturated heterocycles. The van der Waals surface area contributed by atoms with Crippen LogP contribution in [-0.2, 0) is 20.9 Å². The first-order chi connectivity index (χ1) is 20.1. The maximum atomic E-state index is 13.6. The lowest BCUT2D eigenvalue weighted by molar-refractivity contribution is -0.171. The minimum Gasteiger partial charge on any atom is -0.473 e. The van der Waals surface area contributed by atoms with Crippen LogP contribution in [0.4, 0.5) is 5.69 Å². The first-order valence-electron chi connectivity index (χ1n) is 15.1. The molecular formula is C35H46ClN3O4. The molecule has 0 amide bonds. The molecule has 1 aromatic carbocycles. The quantitative estimate of drug-likeness (QED) is 0.226. The third-order valence-corrected chi connectivity index (χ3v) is 8.14. The number of benzene rings is 1. The van der Waals surface area contributed by atoms with Crippen LogP contribution in [0.5, 0.6) is 5.88 Å². The molecule has 232 valence electrons. The van der Waals surface area contributed by atoms with Crippen molar-refractivity contribution in [3.63, 3.8) is 0 Å². The van der Waals surface area contributed by atoms with Gasteiger partial charge in [0.1, 0.15) is 6.61 Å². The van der Waals surface area contributed by atoms with E-state index in [2.05, 4.69) is 23.7 Å². The van der Waals surface area contributed by atoms with Crippen molar-refractivity contribution in [1.29, 1.82) is 0 Å². The van der Waals surface area contributed by atoms with Gasteiger partial charge in [-0.05, 0) is 84.4 Å². The zero-order valence-electron chi connectivity index (χ0n) is 27.1. The zero-order chi connectivity index (χ0) is 31.5. The topological polar surface area (TPSA) is 73.8 Å². The molecule has 1 aliphatic heterocycles. The Bertz CT molecular complexity index is 1400. The van der Waals surface area contributed by atoms with Gasteiger partial charge in [-0.2, -0.15) is 0 Å². The minimum absolute atomic E-state index is 0.247. The molecule has 2 aromatic heterocycles. The van der Waals surface area contributed by atoms with E-state index >= 15 is 0 Å². The van der Waals surface area contributed by atoms with Crippen molar-refractivity contribution in [2.75, 3.05) is 18.0 Å². The van der Waals surface area contributed by atoms with E-state index in [9.17, 15) is 4.79 Å². The fraction of sp³-hybridized carbons (Fsp3) is 0.514. The Morgan fingerprint density at radius 3 is 2.33 bits per heavy atom. The van der Waals surface area contributed by atoms with Crippen LogP contribution in [0.15, 0.2) is 42.7 Å². The summed E-state index contributed by atoms with van der Waals surface area (Å²) in [5.74, 6) is 0.0846. The van der Waals surface area contributed by atoms with Crippen molar-refractivity contribution >= 4 is 23.3 Å². The van der Waals surface area contributed by atoms with Gasteiger partial charge in [-0.15, -0.1) is 0 Å². The summed E-state index contributed by atoms with van der Waals surface area (Å²) in [6.45, 7) is 20.1. The van der Waals surface area contributed by atoms with Gasteiger partial charge in [0, 0.05) is 64.5 Å². The molecule has 8 heteroatoms. The lowest BCUT2D eigenvalue weighted by Gasteiger charge is -2.41. The predicted octanol–water partition coefficient (Wildman–Crippen LogP) is 8.43. The van der Waals surface area contributed by atoms with E-state index in [4.69, 9.17) is 30.8 Å². The van der Waals surface area contributed by atoms with Crippen LogP contribution in [0.25, 0.3) is 11.1 Å². The molecule has 1 fully saturated rings. The molecule has 0 aliphatic carbocycles. The molecule has 1 atom stereocenters. The number of ether oxygens (including phenoxy) is 3. The summed E-state index contributed by atoms with van der Waals surface area (Å²) in [6, 6.07) is 9.66. The number of carbonyl (C=O) groups excluding carboxylic acids is 1. The third-order valence-electron chi connectivity index (χ3n) is 7.78. The number of halogens is 1. The second kappa shape index (κ2) is 13.2. The van der Waals surface area contributed by atoms with Crippen molar-refractivity contribution in [3.8, 4) is 17.0 Å². The normalized spacial score (nSPS) is 15.8. The summed E-state index contributed by atoms with van der Waals surface area (Å²) >= 11 is 6.40. The number of esters is 1. The van der Waals surface area contributed by atoms with Crippen LogP contribution in [0.2, 0.25) is 5.02 Å². The fourth-order valence-corrected chi connectivity index (χ4v) is 5.58. The highest BCUT2D eigenvalue weighted by Gasteiger charge is 2.37. The van der Waals surface area contributed by atoms with Crippen LogP contribution < -0.4 is 9.64 Å². The Balaban J connectivity index is 1.77. The molecule has 7 nitrogen and oxygen atoms in total. The Labute approximate surface area is 261 Å². The lowest BCUT2D eigenvalue weighted by Crippen LogP contribution is -2.39. The Morgan fingerprint density at radius 1 is 1.05 bits per heavy atom. The van der Waals surface area contributed by atoms with E-state index in [0.717, 1.165) is 65.1 Å². The molecule has 0 radical (unpaired) electrons. The number of nitrogens with zero attached hydrogens (tertiary/aromatic N) is 3. The van der Waals surface area contributed by atoms with Gasteiger partial charge in [-0.3, -0.25) is 4.98 Å². The molecule has 3 heterocycles. The number of anilines is 1. The Morgan fingerprint density at radius 2 is 1.74 bits per heavy atom. The Hall–Kier alpha value is -3.16.